The molecule has 1 N–H and O–H groups in total. The zero-order valence-corrected chi connectivity index (χ0v) is 18.5. The molecular weight excluding hydrogens is 358 g/mol. The van der Waals surface area contributed by atoms with E-state index in [0.29, 0.717) is 6.42 Å². The lowest BCUT2D eigenvalue weighted by atomic mass is 9.87. The summed E-state index contributed by atoms with van der Waals surface area (Å²) in [5, 5.41) is 3.29. The number of amides is 1. The van der Waals surface area contributed by atoms with Gasteiger partial charge in [-0.1, -0.05) is 50.5 Å². The summed E-state index contributed by atoms with van der Waals surface area (Å²) in [6, 6.07) is 8.81. The van der Waals surface area contributed by atoms with Gasteiger partial charge in [0.15, 0.2) is 0 Å². The van der Waals surface area contributed by atoms with Crippen LogP contribution in [0, 0.1) is 0 Å². The summed E-state index contributed by atoms with van der Waals surface area (Å²) in [5.74, 6) is 0.229. The van der Waals surface area contributed by atoms with Crippen LogP contribution in [0.15, 0.2) is 24.3 Å². The zero-order valence-electron chi connectivity index (χ0n) is 18.5. The van der Waals surface area contributed by atoms with Crippen LogP contribution in [0.2, 0.25) is 0 Å². The van der Waals surface area contributed by atoms with E-state index in [4.69, 9.17) is 0 Å². The fourth-order valence-corrected chi connectivity index (χ4v) is 4.79. The van der Waals surface area contributed by atoms with Crippen molar-refractivity contribution < 1.29 is 4.79 Å². The van der Waals surface area contributed by atoms with Crippen molar-refractivity contribution in [2.45, 2.75) is 77.2 Å². The number of aryl methyl sites for hydroxylation is 1. The molecule has 1 aliphatic carbocycles. The number of piperazine rings is 1. The van der Waals surface area contributed by atoms with E-state index in [1.54, 1.807) is 0 Å². The molecule has 4 nitrogen and oxygen atoms in total. The fourth-order valence-electron chi connectivity index (χ4n) is 4.79. The molecule has 4 heteroatoms. The third-order valence-corrected chi connectivity index (χ3v) is 6.63. The molecule has 1 aromatic rings. The minimum absolute atomic E-state index is 0.223. The number of hydrogen-bond acceptors (Lipinski definition) is 3. The van der Waals surface area contributed by atoms with Crippen molar-refractivity contribution in [2.24, 2.45) is 0 Å². The lowest BCUT2D eigenvalue weighted by Gasteiger charge is -2.34. The minimum Gasteiger partial charge on any atom is -0.349 e. The van der Waals surface area contributed by atoms with Crippen LogP contribution in [0.3, 0.4) is 0 Å². The first-order valence-electron chi connectivity index (χ1n) is 12.1. The Kier molecular flexibility index (Phi) is 9.49. The fraction of sp³-hybridized carbons (Fsp3) is 0.720. The Morgan fingerprint density at radius 3 is 2.38 bits per heavy atom. The Balaban J connectivity index is 1.24. The smallest absolute Gasteiger partial charge is 0.220 e. The molecule has 1 saturated heterocycles. The molecule has 162 valence electrons. The number of unbranched alkanes of at least 4 members (excludes halogenated alkanes) is 4. The van der Waals surface area contributed by atoms with Crippen LogP contribution in [-0.2, 0) is 11.2 Å². The molecule has 3 rings (SSSR count). The Hall–Kier alpha value is -1.39. The first-order valence-corrected chi connectivity index (χ1v) is 12.1. The lowest BCUT2D eigenvalue weighted by Crippen LogP contribution is -2.46. The molecule has 0 bridgehead atoms. The van der Waals surface area contributed by atoms with Crippen molar-refractivity contribution in [3.63, 3.8) is 0 Å². The number of fused-ring (bicyclic) bond motifs is 1. The van der Waals surface area contributed by atoms with Crippen LogP contribution < -0.4 is 5.32 Å². The summed E-state index contributed by atoms with van der Waals surface area (Å²) < 4.78 is 0. The lowest BCUT2D eigenvalue weighted by molar-refractivity contribution is -0.122. The maximum absolute atomic E-state index is 12.4. The van der Waals surface area contributed by atoms with Crippen LogP contribution in [0.5, 0.6) is 0 Å². The van der Waals surface area contributed by atoms with Gasteiger partial charge in [0, 0.05) is 32.6 Å². The molecule has 1 amide bonds. The Labute approximate surface area is 178 Å². The topological polar surface area (TPSA) is 35.6 Å². The number of rotatable bonds is 11. The first kappa shape index (κ1) is 22.3. The number of carbonyl (C=O) groups is 1. The maximum atomic E-state index is 12.4. The summed E-state index contributed by atoms with van der Waals surface area (Å²) in [5.41, 5.74) is 2.75. The molecular formula is C25H41N3O. The number of benzene rings is 1. The van der Waals surface area contributed by atoms with Crippen LogP contribution in [-0.4, -0.2) is 55.0 Å². The largest absolute Gasteiger partial charge is 0.349 e. The average Bonchev–Trinajstić information content (AvgIpc) is 2.75. The van der Waals surface area contributed by atoms with Gasteiger partial charge < -0.3 is 15.1 Å². The van der Waals surface area contributed by atoms with E-state index in [1.165, 1.54) is 82.5 Å². The maximum Gasteiger partial charge on any atom is 0.220 e. The van der Waals surface area contributed by atoms with Crippen molar-refractivity contribution in [3.05, 3.63) is 35.4 Å². The Bertz CT molecular complexity index is 610. The quantitative estimate of drug-likeness (QED) is 0.555. The molecule has 29 heavy (non-hydrogen) atoms. The van der Waals surface area contributed by atoms with E-state index in [9.17, 15) is 4.79 Å². The van der Waals surface area contributed by atoms with E-state index in [2.05, 4.69) is 46.3 Å². The highest BCUT2D eigenvalue weighted by atomic mass is 16.1. The SMILES string of the molecule is CCCCCN1CCN(CCCCCC(=O)NC2CCCc3ccccc32)CC1. The highest BCUT2D eigenvalue weighted by Crippen LogP contribution is 2.29. The van der Waals surface area contributed by atoms with Gasteiger partial charge in [-0.2, -0.15) is 0 Å². The predicted molar refractivity (Wildman–Crippen MR) is 121 cm³/mol. The third kappa shape index (κ3) is 7.42. The molecule has 1 unspecified atom stereocenters. The van der Waals surface area contributed by atoms with Gasteiger partial charge in [0.1, 0.15) is 0 Å². The van der Waals surface area contributed by atoms with Gasteiger partial charge in [0.2, 0.25) is 5.91 Å². The summed E-state index contributed by atoms with van der Waals surface area (Å²) in [7, 11) is 0. The van der Waals surface area contributed by atoms with Crippen molar-refractivity contribution in [1.29, 1.82) is 0 Å². The molecule has 2 aliphatic rings. The molecule has 0 aromatic heterocycles. The highest BCUT2D eigenvalue weighted by molar-refractivity contribution is 5.76. The second-order valence-electron chi connectivity index (χ2n) is 8.91. The molecule has 1 aromatic carbocycles. The van der Waals surface area contributed by atoms with Crippen molar-refractivity contribution in [1.82, 2.24) is 15.1 Å². The first-order chi connectivity index (χ1) is 14.3. The van der Waals surface area contributed by atoms with E-state index in [0.717, 1.165) is 25.7 Å². The van der Waals surface area contributed by atoms with Gasteiger partial charge in [-0.25, -0.2) is 0 Å². The highest BCUT2D eigenvalue weighted by Gasteiger charge is 2.21. The third-order valence-electron chi connectivity index (χ3n) is 6.63. The number of hydrogen-bond donors (Lipinski definition) is 1. The Morgan fingerprint density at radius 2 is 1.66 bits per heavy atom. The predicted octanol–water partition coefficient (Wildman–Crippen LogP) is 4.55. The number of nitrogens with zero attached hydrogens (tertiary/aromatic N) is 2. The van der Waals surface area contributed by atoms with Gasteiger partial charge in [0.25, 0.3) is 0 Å². The monoisotopic (exact) mass is 399 g/mol. The summed E-state index contributed by atoms with van der Waals surface area (Å²) in [4.78, 5) is 17.6. The van der Waals surface area contributed by atoms with Crippen molar-refractivity contribution >= 4 is 5.91 Å². The molecule has 0 spiro atoms. The van der Waals surface area contributed by atoms with Crippen molar-refractivity contribution in [3.8, 4) is 0 Å². The van der Waals surface area contributed by atoms with Crippen molar-refractivity contribution in [2.75, 3.05) is 39.3 Å². The number of nitrogens with one attached hydrogen (secondary N) is 1. The van der Waals surface area contributed by atoms with Crippen LogP contribution in [0.4, 0.5) is 0 Å². The van der Waals surface area contributed by atoms with E-state index in [-0.39, 0.29) is 11.9 Å². The molecule has 1 aliphatic heterocycles. The second kappa shape index (κ2) is 12.3. The van der Waals surface area contributed by atoms with Crippen LogP contribution in [0.25, 0.3) is 0 Å². The van der Waals surface area contributed by atoms with Gasteiger partial charge in [0.05, 0.1) is 6.04 Å². The summed E-state index contributed by atoms with van der Waals surface area (Å²) in [6.45, 7) is 9.64. The zero-order chi connectivity index (χ0) is 20.3. The van der Waals surface area contributed by atoms with Gasteiger partial charge in [-0.3, -0.25) is 4.79 Å². The second-order valence-corrected chi connectivity index (χ2v) is 8.91. The molecule has 1 atom stereocenters. The number of carbonyl (C=O) groups excluding carboxylic acids is 1. The minimum atomic E-state index is 0.223. The average molecular weight is 400 g/mol. The summed E-state index contributed by atoms with van der Waals surface area (Å²) in [6.07, 6.45) is 11.5. The van der Waals surface area contributed by atoms with Crippen LogP contribution >= 0.6 is 0 Å². The normalized spacial score (nSPS) is 20.4. The molecule has 0 radical (unpaired) electrons. The van der Waals surface area contributed by atoms with E-state index < -0.39 is 0 Å². The standard InChI is InChI=1S/C25H41N3O/c1-2-3-8-16-27-18-20-28(21-19-27)17-9-4-5-15-25(29)26-24-14-10-12-22-11-6-7-13-23(22)24/h6-7,11,13,24H,2-5,8-10,12,14-21H2,1H3,(H,26,29). The molecule has 0 saturated carbocycles. The van der Waals surface area contributed by atoms with E-state index >= 15 is 0 Å². The van der Waals surface area contributed by atoms with Gasteiger partial charge in [-0.15, -0.1) is 0 Å². The molecule has 1 heterocycles. The van der Waals surface area contributed by atoms with Gasteiger partial charge in [-0.05, 0) is 62.7 Å². The van der Waals surface area contributed by atoms with Gasteiger partial charge >= 0.3 is 0 Å². The summed E-state index contributed by atoms with van der Waals surface area (Å²) >= 11 is 0. The Morgan fingerprint density at radius 1 is 0.966 bits per heavy atom. The molecule has 1 fully saturated rings. The van der Waals surface area contributed by atoms with E-state index in [1.807, 2.05) is 0 Å². The van der Waals surface area contributed by atoms with Crippen LogP contribution in [0.1, 0.15) is 81.9 Å².